The number of ether oxygens (including phenoxy) is 1. The average Bonchev–Trinajstić information content (AvgIpc) is 2.48. The van der Waals surface area contributed by atoms with Gasteiger partial charge in [-0.2, -0.15) is 0 Å². The number of fused-ring (bicyclic) bond motifs is 1. The van der Waals surface area contributed by atoms with Gasteiger partial charge in [0.1, 0.15) is 17.7 Å². The molecule has 0 saturated carbocycles. The molecule has 0 aromatic heterocycles. The molecule has 4 heteroatoms. The second kappa shape index (κ2) is 5.98. The van der Waals surface area contributed by atoms with E-state index in [-0.39, 0.29) is 11.9 Å². The van der Waals surface area contributed by atoms with E-state index >= 15 is 0 Å². The molecule has 0 spiro atoms. The summed E-state index contributed by atoms with van der Waals surface area (Å²) in [6.45, 7) is 2.01. The van der Waals surface area contributed by atoms with Crippen LogP contribution in [0.15, 0.2) is 47.4 Å². The van der Waals surface area contributed by atoms with Crippen LogP contribution in [0.1, 0.15) is 17.5 Å². The maximum atomic E-state index is 13.2. The second-order valence-corrected chi connectivity index (χ2v) is 6.85. The van der Waals surface area contributed by atoms with Crippen LogP contribution in [-0.2, 0) is 17.2 Å². The van der Waals surface area contributed by atoms with Crippen molar-refractivity contribution in [3.8, 4) is 5.75 Å². The van der Waals surface area contributed by atoms with Gasteiger partial charge in [0, 0.05) is 4.90 Å². The molecule has 0 fully saturated rings. The Morgan fingerprint density at radius 2 is 2.00 bits per heavy atom. The van der Waals surface area contributed by atoms with Crippen molar-refractivity contribution in [3.05, 3.63) is 59.4 Å². The zero-order valence-corrected chi connectivity index (χ0v) is 12.7. The van der Waals surface area contributed by atoms with Crippen LogP contribution in [0.25, 0.3) is 0 Å². The molecule has 0 unspecified atom stereocenters. The van der Waals surface area contributed by atoms with Gasteiger partial charge in [-0.1, -0.05) is 17.7 Å². The Labute approximate surface area is 126 Å². The van der Waals surface area contributed by atoms with E-state index in [0.29, 0.717) is 11.5 Å². The second-order valence-electron chi connectivity index (χ2n) is 5.36. The largest absolute Gasteiger partial charge is 0.489 e. The molecule has 2 aromatic rings. The normalized spacial score (nSPS) is 18.7. The summed E-state index contributed by atoms with van der Waals surface area (Å²) in [7, 11) is -1.07. The van der Waals surface area contributed by atoms with Gasteiger partial charge < -0.3 is 4.74 Å². The quantitative estimate of drug-likeness (QED) is 0.865. The van der Waals surface area contributed by atoms with E-state index in [1.165, 1.54) is 12.1 Å². The summed E-state index contributed by atoms with van der Waals surface area (Å²) in [4.78, 5) is 0.828. The molecule has 2 aromatic carbocycles. The van der Waals surface area contributed by atoms with Crippen LogP contribution in [0.3, 0.4) is 0 Å². The van der Waals surface area contributed by atoms with Crippen LogP contribution in [-0.4, -0.2) is 16.1 Å². The molecule has 21 heavy (non-hydrogen) atoms. The molecule has 2 atom stereocenters. The average molecular weight is 304 g/mol. The van der Waals surface area contributed by atoms with E-state index in [4.69, 9.17) is 4.74 Å². The summed E-state index contributed by atoms with van der Waals surface area (Å²) in [6, 6.07) is 12.3. The molecule has 0 aliphatic carbocycles. The monoisotopic (exact) mass is 304 g/mol. The Bertz CT molecular complexity index is 667. The third-order valence-corrected chi connectivity index (χ3v) is 5.15. The molecule has 0 N–H and O–H groups in total. The molecule has 1 aliphatic rings. The fourth-order valence-electron chi connectivity index (χ4n) is 2.49. The van der Waals surface area contributed by atoms with Gasteiger partial charge >= 0.3 is 0 Å². The highest BCUT2D eigenvalue weighted by Gasteiger charge is 2.22. The molecule has 1 heterocycles. The van der Waals surface area contributed by atoms with Crippen molar-refractivity contribution in [3.63, 3.8) is 0 Å². The van der Waals surface area contributed by atoms with Crippen molar-refractivity contribution in [1.82, 2.24) is 0 Å². The van der Waals surface area contributed by atoms with Crippen molar-refractivity contribution >= 4 is 10.8 Å². The van der Waals surface area contributed by atoms with Crippen LogP contribution in [0.2, 0.25) is 0 Å². The van der Waals surface area contributed by atoms with Crippen LogP contribution < -0.4 is 4.74 Å². The van der Waals surface area contributed by atoms with E-state index in [1.54, 1.807) is 6.07 Å². The van der Waals surface area contributed by atoms with Gasteiger partial charge in [-0.3, -0.25) is 4.21 Å². The fraction of sp³-hybridized carbons (Fsp3) is 0.294. The van der Waals surface area contributed by atoms with Crippen LogP contribution in [0.5, 0.6) is 5.75 Å². The summed E-state index contributed by atoms with van der Waals surface area (Å²) >= 11 is 0. The Kier molecular flexibility index (Phi) is 4.06. The Hall–Kier alpha value is -1.68. The first-order chi connectivity index (χ1) is 10.1. The summed E-state index contributed by atoms with van der Waals surface area (Å²) in [6.07, 6.45) is 1.46. The lowest BCUT2D eigenvalue weighted by Gasteiger charge is -2.25. The Morgan fingerprint density at radius 1 is 1.24 bits per heavy atom. The van der Waals surface area contributed by atoms with Gasteiger partial charge in [0.25, 0.3) is 0 Å². The maximum absolute atomic E-state index is 13.2. The van der Waals surface area contributed by atoms with Crippen LogP contribution in [0, 0.1) is 12.7 Å². The smallest absolute Gasteiger partial charge is 0.123 e. The van der Waals surface area contributed by atoms with E-state index in [1.807, 2.05) is 31.2 Å². The van der Waals surface area contributed by atoms with Gasteiger partial charge in [0.15, 0.2) is 0 Å². The first-order valence-corrected chi connectivity index (χ1v) is 8.34. The molecule has 0 radical (unpaired) electrons. The number of benzene rings is 2. The van der Waals surface area contributed by atoms with Gasteiger partial charge in [-0.25, -0.2) is 4.39 Å². The van der Waals surface area contributed by atoms with Crippen LogP contribution >= 0.6 is 0 Å². The highest BCUT2D eigenvalue weighted by atomic mass is 32.2. The van der Waals surface area contributed by atoms with Crippen molar-refractivity contribution < 1.29 is 13.3 Å². The highest BCUT2D eigenvalue weighted by Crippen LogP contribution is 2.28. The third kappa shape index (κ3) is 3.32. The van der Waals surface area contributed by atoms with Gasteiger partial charge in [0.2, 0.25) is 0 Å². The van der Waals surface area contributed by atoms with Crippen molar-refractivity contribution in [2.75, 3.05) is 5.75 Å². The summed E-state index contributed by atoms with van der Waals surface area (Å²) in [5.74, 6) is 0.951. The molecule has 2 nitrogen and oxygen atoms in total. The number of hydrogen-bond acceptors (Lipinski definition) is 2. The molecule has 110 valence electrons. The van der Waals surface area contributed by atoms with E-state index in [2.05, 4.69) is 0 Å². The zero-order chi connectivity index (χ0) is 14.8. The minimum atomic E-state index is -1.07. The number of aryl methyl sites for hydroxylation is 2. The molecular weight excluding hydrogens is 287 g/mol. The van der Waals surface area contributed by atoms with Crippen molar-refractivity contribution in [2.24, 2.45) is 0 Å². The number of rotatable bonds is 3. The van der Waals surface area contributed by atoms with Gasteiger partial charge in [0.05, 0.1) is 16.6 Å². The molecular formula is C17H17FO2S. The maximum Gasteiger partial charge on any atom is 0.123 e. The predicted molar refractivity (Wildman–Crippen MR) is 81.6 cm³/mol. The first kappa shape index (κ1) is 14.3. The fourth-order valence-corrected chi connectivity index (χ4v) is 3.69. The van der Waals surface area contributed by atoms with Crippen LogP contribution in [0.4, 0.5) is 4.39 Å². The van der Waals surface area contributed by atoms with E-state index in [9.17, 15) is 8.60 Å². The Morgan fingerprint density at radius 3 is 2.76 bits per heavy atom. The summed E-state index contributed by atoms with van der Waals surface area (Å²) < 4.78 is 31.4. The summed E-state index contributed by atoms with van der Waals surface area (Å²) in [5.41, 5.74) is 2.05. The predicted octanol–water partition coefficient (Wildman–Crippen LogP) is 3.64. The minimum absolute atomic E-state index is 0.0786. The van der Waals surface area contributed by atoms with Crippen molar-refractivity contribution in [2.45, 2.75) is 30.8 Å². The standard InChI is InChI=1S/C17H17FO2S/c1-12-2-7-16(8-3-12)21(19)11-15-6-4-13-10-14(18)5-9-17(13)20-15/h2-3,5,7-10,15H,4,6,11H2,1H3/t15-,21+/m0/s1. The molecule has 1 aliphatic heterocycles. The highest BCUT2D eigenvalue weighted by molar-refractivity contribution is 7.85. The Balaban J connectivity index is 1.68. The molecule has 0 bridgehead atoms. The minimum Gasteiger partial charge on any atom is -0.489 e. The molecule has 0 saturated heterocycles. The van der Waals surface area contributed by atoms with Gasteiger partial charge in [-0.15, -0.1) is 0 Å². The lowest BCUT2D eigenvalue weighted by molar-refractivity contribution is 0.195. The van der Waals surface area contributed by atoms with Gasteiger partial charge in [-0.05, 0) is 55.7 Å². The molecule has 0 amide bonds. The number of hydrogen-bond donors (Lipinski definition) is 0. The van der Waals surface area contributed by atoms with Crippen molar-refractivity contribution in [1.29, 1.82) is 0 Å². The van der Waals surface area contributed by atoms with E-state index in [0.717, 1.165) is 28.9 Å². The lowest BCUT2D eigenvalue weighted by Crippen LogP contribution is -2.28. The number of halogens is 1. The topological polar surface area (TPSA) is 26.3 Å². The SMILES string of the molecule is Cc1ccc([S@](=O)C[C@@H]2CCc3cc(F)ccc3O2)cc1. The lowest BCUT2D eigenvalue weighted by atomic mass is 10.0. The zero-order valence-electron chi connectivity index (χ0n) is 11.8. The first-order valence-electron chi connectivity index (χ1n) is 7.02. The third-order valence-electron chi connectivity index (χ3n) is 3.67. The summed E-state index contributed by atoms with van der Waals surface area (Å²) in [5, 5.41) is 0. The van der Waals surface area contributed by atoms with E-state index < -0.39 is 10.8 Å². The molecule has 3 rings (SSSR count).